The Labute approximate surface area is 106 Å². The Balaban J connectivity index is 2.24. The van der Waals surface area contributed by atoms with Gasteiger partial charge in [0.1, 0.15) is 5.69 Å². The van der Waals surface area contributed by atoms with E-state index in [0.717, 1.165) is 17.1 Å². The first-order valence-electron chi connectivity index (χ1n) is 5.87. The lowest BCUT2D eigenvalue weighted by molar-refractivity contribution is 0.101. The molecular weight excluding hydrogens is 230 g/mol. The van der Waals surface area contributed by atoms with E-state index < -0.39 is 0 Å². The van der Waals surface area contributed by atoms with Crippen molar-refractivity contribution in [1.29, 1.82) is 0 Å². The Hall–Kier alpha value is -2.11. The number of nitrogens with zero attached hydrogens (tertiary/aromatic N) is 4. The summed E-state index contributed by atoms with van der Waals surface area (Å²) < 4.78 is 3.36. The number of carbonyl (C=O) groups excluding carboxylic acids is 1. The van der Waals surface area contributed by atoms with Gasteiger partial charge in [0.2, 0.25) is 0 Å². The highest BCUT2D eigenvalue weighted by molar-refractivity contribution is 6.03. The third kappa shape index (κ3) is 2.27. The van der Waals surface area contributed by atoms with E-state index in [1.54, 1.807) is 21.6 Å². The summed E-state index contributed by atoms with van der Waals surface area (Å²) in [5.41, 5.74) is 2.93. The zero-order valence-electron chi connectivity index (χ0n) is 11.1. The summed E-state index contributed by atoms with van der Waals surface area (Å²) in [6.07, 6.45) is 1.78. The molecule has 96 valence electrons. The summed E-state index contributed by atoms with van der Waals surface area (Å²) >= 11 is 0. The van der Waals surface area contributed by atoms with Gasteiger partial charge in [0, 0.05) is 19.8 Å². The minimum absolute atomic E-state index is 0.159. The van der Waals surface area contributed by atoms with Gasteiger partial charge in [0.25, 0.3) is 5.91 Å². The first-order valence-corrected chi connectivity index (χ1v) is 5.87. The Morgan fingerprint density at radius 1 is 1.39 bits per heavy atom. The molecule has 0 atom stereocenters. The van der Waals surface area contributed by atoms with Crippen LogP contribution < -0.4 is 5.32 Å². The van der Waals surface area contributed by atoms with Gasteiger partial charge in [-0.2, -0.15) is 10.2 Å². The van der Waals surface area contributed by atoms with E-state index in [-0.39, 0.29) is 5.91 Å². The van der Waals surface area contributed by atoms with Gasteiger partial charge in [-0.1, -0.05) is 0 Å². The second-order valence-corrected chi connectivity index (χ2v) is 4.24. The van der Waals surface area contributed by atoms with E-state index in [9.17, 15) is 4.79 Å². The van der Waals surface area contributed by atoms with Crippen LogP contribution in [0.2, 0.25) is 0 Å². The smallest absolute Gasteiger partial charge is 0.274 e. The van der Waals surface area contributed by atoms with Gasteiger partial charge in [0.05, 0.1) is 17.1 Å². The van der Waals surface area contributed by atoms with Crippen LogP contribution in [0.15, 0.2) is 12.3 Å². The molecule has 0 fully saturated rings. The number of hydrogen-bond donors (Lipinski definition) is 1. The van der Waals surface area contributed by atoms with Gasteiger partial charge in [-0.25, -0.2) is 0 Å². The first-order chi connectivity index (χ1) is 8.51. The molecule has 6 heteroatoms. The molecule has 2 aromatic heterocycles. The first kappa shape index (κ1) is 12.3. The molecule has 0 aliphatic rings. The zero-order chi connectivity index (χ0) is 13.3. The molecule has 0 saturated heterocycles. The maximum atomic E-state index is 12.2. The third-order valence-electron chi connectivity index (χ3n) is 2.70. The van der Waals surface area contributed by atoms with E-state index >= 15 is 0 Å². The molecule has 0 saturated carbocycles. The van der Waals surface area contributed by atoms with Crippen LogP contribution in [0.1, 0.15) is 28.8 Å². The van der Waals surface area contributed by atoms with Gasteiger partial charge < -0.3 is 5.32 Å². The fourth-order valence-corrected chi connectivity index (χ4v) is 1.88. The number of aromatic nitrogens is 4. The predicted octanol–water partition coefficient (Wildman–Crippen LogP) is 1.51. The quantitative estimate of drug-likeness (QED) is 0.894. The summed E-state index contributed by atoms with van der Waals surface area (Å²) in [6.45, 7) is 6.36. The van der Waals surface area contributed by atoms with Crippen molar-refractivity contribution in [3.05, 3.63) is 29.3 Å². The van der Waals surface area contributed by atoms with Crippen LogP contribution in [-0.4, -0.2) is 25.5 Å². The normalized spacial score (nSPS) is 10.7. The number of anilines is 1. The van der Waals surface area contributed by atoms with Crippen LogP contribution in [0.25, 0.3) is 0 Å². The third-order valence-corrected chi connectivity index (χ3v) is 2.70. The van der Waals surface area contributed by atoms with Crippen molar-refractivity contribution < 1.29 is 4.79 Å². The zero-order valence-corrected chi connectivity index (χ0v) is 11.1. The molecule has 1 N–H and O–H groups in total. The molecule has 2 aromatic rings. The summed E-state index contributed by atoms with van der Waals surface area (Å²) in [6, 6.07) is 1.78. The van der Waals surface area contributed by atoms with Crippen LogP contribution in [-0.2, 0) is 13.6 Å². The molecule has 0 radical (unpaired) electrons. The van der Waals surface area contributed by atoms with Crippen LogP contribution in [0.4, 0.5) is 5.69 Å². The molecule has 1 amide bonds. The van der Waals surface area contributed by atoms with Crippen molar-refractivity contribution >= 4 is 11.6 Å². The molecule has 0 aliphatic carbocycles. The number of nitrogens with one attached hydrogen (secondary N) is 1. The molecule has 0 spiro atoms. The monoisotopic (exact) mass is 247 g/mol. The van der Waals surface area contributed by atoms with Gasteiger partial charge in [-0.05, 0) is 26.8 Å². The van der Waals surface area contributed by atoms with Gasteiger partial charge in [-0.3, -0.25) is 14.2 Å². The highest BCUT2D eigenvalue weighted by Crippen LogP contribution is 2.13. The topological polar surface area (TPSA) is 64.7 Å². The lowest BCUT2D eigenvalue weighted by Gasteiger charge is -2.05. The van der Waals surface area contributed by atoms with Crippen molar-refractivity contribution in [3.63, 3.8) is 0 Å². The van der Waals surface area contributed by atoms with E-state index in [4.69, 9.17) is 0 Å². The fraction of sp³-hybridized carbons (Fsp3) is 0.417. The van der Waals surface area contributed by atoms with E-state index in [1.165, 1.54) is 0 Å². The Morgan fingerprint density at radius 3 is 2.67 bits per heavy atom. The Kier molecular flexibility index (Phi) is 3.18. The second-order valence-electron chi connectivity index (χ2n) is 4.24. The summed E-state index contributed by atoms with van der Waals surface area (Å²) in [5.74, 6) is -0.159. The van der Waals surface area contributed by atoms with Crippen LogP contribution >= 0.6 is 0 Å². The standard InChI is InChI=1S/C12H17N5O/c1-5-17-11(6-8(2)14-17)12(18)13-10-7-16(4)15-9(10)3/h6-7H,5H2,1-4H3,(H,13,18). The maximum Gasteiger partial charge on any atom is 0.274 e. The van der Waals surface area contributed by atoms with Crippen LogP contribution in [0.5, 0.6) is 0 Å². The van der Waals surface area contributed by atoms with E-state index in [1.807, 2.05) is 27.8 Å². The number of rotatable bonds is 3. The summed E-state index contributed by atoms with van der Waals surface area (Å²) in [4.78, 5) is 12.2. The molecule has 18 heavy (non-hydrogen) atoms. The van der Waals surface area contributed by atoms with Crippen molar-refractivity contribution in [1.82, 2.24) is 19.6 Å². The van der Waals surface area contributed by atoms with Crippen molar-refractivity contribution in [2.45, 2.75) is 27.3 Å². The van der Waals surface area contributed by atoms with E-state index in [0.29, 0.717) is 12.2 Å². The molecule has 0 aromatic carbocycles. The highest BCUT2D eigenvalue weighted by atomic mass is 16.2. The minimum Gasteiger partial charge on any atom is -0.318 e. The minimum atomic E-state index is -0.159. The Bertz CT molecular complexity index is 581. The highest BCUT2D eigenvalue weighted by Gasteiger charge is 2.15. The molecule has 0 unspecified atom stereocenters. The number of hydrogen-bond acceptors (Lipinski definition) is 3. The second kappa shape index (κ2) is 4.64. The lowest BCUT2D eigenvalue weighted by atomic mass is 10.3. The molecule has 0 aliphatic heterocycles. The SMILES string of the molecule is CCn1nc(C)cc1C(=O)Nc1cn(C)nc1C. The van der Waals surface area contributed by atoms with Crippen molar-refractivity contribution in [2.24, 2.45) is 7.05 Å². The summed E-state index contributed by atoms with van der Waals surface area (Å²) in [7, 11) is 1.82. The lowest BCUT2D eigenvalue weighted by Crippen LogP contribution is -2.17. The molecule has 6 nitrogen and oxygen atoms in total. The van der Waals surface area contributed by atoms with Gasteiger partial charge in [-0.15, -0.1) is 0 Å². The number of aryl methyl sites for hydroxylation is 4. The molecule has 0 bridgehead atoms. The average Bonchev–Trinajstić information content (AvgIpc) is 2.82. The van der Waals surface area contributed by atoms with Crippen molar-refractivity contribution in [3.8, 4) is 0 Å². The van der Waals surface area contributed by atoms with Crippen LogP contribution in [0, 0.1) is 13.8 Å². The average molecular weight is 247 g/mol. The molecule has 2 rings (SSSR count). The maximum absolute atomic E-state index is 12.2. The molecular formula is C12H17N5O. The van der Waals surface area contributed by atoms with E-state index in [2.05, 4.69) is 15.5 Å². The van der Waals surface area contributed by atoms with Crippen LogP contribution in [0.3, 0.4) is 0 Å². The fourth-order valence-electron chi connectivity index (χ4n) is 1.88. The molecule has 2 heterocycles. The van der Waals surface area contributed by atoms with Gasteiger partial charge >= 0.3 is 0 Å². The van der Waals surface area contributed by atoms with Gasteiger partial charge in [0.15, 0.2) is 0 Å². The largest absolute Gasteiger partial charge is 0.318 e. The number of amides is 1. The summed E-state index contributed by atoms with van der Waals surface area (Å²) in [5, 5.41) is 11.3. The number of carbonyl (C=O) groups is 1. The predicted molar refractivity (Wildman–Crippen MR) is 68.5 cm³/mol. The Morgan fingerprint density at radius 2 is 2.11 bits per heavy atom. The van der Waals surface area contributed by atoms with Crippen molar-refractivity contribution in [2.75, 3.05) is 5.32 Å².